The molecule has 0 spiro atoms. The molecule has 0 saturated heterocycles. The summed E-state index contributed by atoms with van der Waals surface area (Å²) in [4.78, 5) is 22.6. The molecule has 0 unspecified atom stereocenters. The molecule has 9 heteroatoms. The van der Waals surface area contributed by atoms with Crippen LogP contribution in [0.4, 0.5) is 0 Å². The normalized spacial score (nSPS) is 11.1. The van der Waals surface area contributed by atoms with Gasteiger partial charge < -0.3 is 14.5 Å². The summed E-state index contributed by atoms with van der Waals surface area (Å²) in [6.07, 6.45) is 3.56. The first-order valence-electron chi connectivity index (χ1n) is 9.11. The van der Waals surface area contributed by atoms with Crippen LogP contribution in [0.2, 0.25) is 0 Å². The standard InChI is InChI=1S/C20H20N6O3/c1-25(6-7-27)18(28)10-16-9-17(24-29-16)13-4-3-5-14(8-13)19-21-11-15-12-22-26(2)20(15)23-19/h3-5,8-9,11-12,27H,6-7,10H2,1-2H3. The molecule has 0 fully saturated rings. The molecule has 9 nitrogen and oxygen atoms in total. The van der Waals surface area contributed by atoms with E-state index >= 15 is 0 Å². The average molecular weight is 392 g/mol. The van der Waals surface area contributed by atoms with E-state index in [1.165, 1.54) is 4.90 Å². The van der Waals surface area contributed by atoms with Crippen molar-refractivity contribution in [3.63, 3.8) is 0 Å². The zero-order valence-electron chi connectivity index (χ0n) is 16.1. The van der Waals surface area contributed by atoms with Gasteiger partial charge in [0.15, 0.2) is 11.5 Å². The summed E-state index contributed by atoms with van der Waals surface area (Å²) in [6.45, 7) is 0.201. The van der Waals surface area contributed by atoms with Crippen LogP contribution in [-0.4, -0.2) is 61.0 Å². The summed E-state index contributed by atoms with van der Waals surface area (Å²) in [7, 11) is 3.48. The predicted octanol–water partition coefficient (Wildman–Crippen LogP) is 1.68. The molecule has 148 valence electrons. The van der Waals surface area contributed by atoms with Crippen molar-refractivity contribution in [1.82, 2.24) is 29.8 Å². The smallest absolute Gasteiger partial charge is 0.230 e. The van der Waals surface area contributed by atoms with Gasteiger partial charge in [-0.1, -0.05) is 23.4 Å². The molecule has 0 saturated carbocycles. The second-order valence-electron chi connectivity index (χ2n) is 6.72. The number of carbonyl (C=O) groups excluding carboxylic acids is 1. The van der Waals surface area contributed by atoms with Gasteiger partial charge in [0.2, 0.25) is 5.91 Å². The van der Waals surface area contributed by atoms with Crippen molar-refractivity contribution in [3.8, 4) is 22.6 Å². The fourth-order valence-electron chi connectivity index (χ4n) is 2.98. The summed E-state index contributed by atoms with van der Waals surface area (Å²) >= 11 is 0. The van der Waals surface area contributed by atoms with Crippen LogP contribution in [0.25, 0.3) is 33.7 Å². The topological polar surface area (TPSA) is 110 Å². The quantitative estimate of drug-likeness (QED) is 0.531. The van der Waals surface area contributed by atoms with Crippen molar-refractivity contribution >= 4 is 16.9 Å². The SMILES string of the molecule is CN(CCO)C(=O)Cc1cc(-c2cccc(-c3ncc4cnn(C)c4n3)c2)no1. The maximum Gasteiger partial charge on any atom is 0.230 e. The van der Waals surface area contributed by atoms with Crippen molar-refractivity contribution in [1.29, 1.82) is 0 Å². The lowest BCUT2D eigenvalue weighted by Crippen LogP contribution is -2.30. The predicted molar refractivity (Wildman–Crippen MR) is 106 cm³/mol. The van der Waals surface area contributed by atoms with Crippen LogP contribution in [-0.2, 0) is 18.3 Å². The summed E-state index contributed by atoms with van der Waals surface area (Å²) < 4.78 is 7.03. The van der Waals surface area contributed by atoms with Gasteiger partial charge in [0.05, 0.1) is 24.6 Å². The molecule has 0 radical (unpaired) electrons. The molecule has 4 aromatic rings. The van der Waals surface area contributed by atoms with E-state index in [-0.39, 0.29) is 25.5 Å². The number of aromatic nitrogens is 5. The van der Waals surface area contributed by atoms with Gasteiger partial charge in [0.1, 0.15) is 11.5 Å². The van der Waals surface area contributed by atoms with Gasteiger partial charge in [-0.05, 0) is 6.07 Å². The Kier molecular flexibility index (Phi) is 5.05. The van der Waals surface area contributed by atoms with Gasteiger partial charge in [-0.15, -0.1) is 0 Å². The zero-order valence-corrected chi connectivity index (χ0v) is 16.1. The van der Waals surface area contributed by atoms with Crippen LogP contribution in [0.5, 0.6) is 0 Å². The fraction of sp³-hybridized carbons (Fsp3) is 0.250. The Labute approximate surface area is 166 Å². The lowest BCUT2D eigenvalue weighted by molar-refractivity contribution is -0.129. The van der Waals surface area contributed by atoms with Crippen molar-refractivity contribution < 1.29 is 14.4 Å². The van der Waals surface area contributed by atoms with E-state index in [9.17, 15) is 4.79 Å². The molecule has 1 N–H and O–H groups in total. The summed E-state index contributed by atoms with van der Waals surface area (Å²) in [5.41, 5.74) is 3.06. The summed E-state index contributed by atoms with van der Waals surface area (Å²) in [6, 6.07) is 9.41. The highest BCUT2D eigenvalue weighted by molar-refractivity contribution is 5.79. The molecular weight excluding hydrogens is 372 g/mol. The number of hydrogen-bond acceptors (Lipinski definition) is 7. The maximum atomic E-state index is 12.1. The number of rotatable bonds is 6. The molecule has 1 aromatic carbocycles. The third-order valence-corrected chi connectivity index (χ3v) is 4.63. The van der Waals surface area contributed by atoms with Crippen LogP contribution < -0.4 is 0 Å². The van der Waals surface area contributed by atoms with E-state index < -0.39 is 0 Å². The third-order valence-electron chi connectivity index (χ3n) is 4.63. The van der Waals surface area contributed by atoms with Crippen molar-refractivity contribution in [2.45, 2.75) is 6.42 Å². The van der Waals surface area contributed by atoms with Gasteiger partial charge >= 0.3 is 0 Å². The third kappa shape index (κ3) is 3.85. The Morgan fingerprint density at radius 3 is 2.90 bits per heavy atom. The monoisotopic (exact) mass is 392 g/mol. The molecule has 0 aliphatic rings. The summed E-state index contributed by atoms with van der Waals surface area (Å²) in [5.74, 6) is 0.911. The van der Waals surface area contributed by atoms with E-state index in [1.807, 2.05) is 31.3 Å². The Morgan fingerprint density at radius 2 is 2.07 bits per heavy atom. The largest absolute Gasteiger partial charge is 0.395 e. The lowest BCUT2D eigenvalue weighted by atomic mass is 10.1. The Balaban J connectivity index is 1.58. The van der Waals surface area contributed by atoms with E-state index in [2.05, 4.69) is 20.2 Å². The molecule has 0 aliphatic heterocycles. The lowest BCUT2D eigenvalue weighted by Gasteiger charge is -2.14. The van der Waals surface area contributed by atoms with Crippen LogP contribution in [0, 0.1) is 0 Å². The first kappa shape index (κ1) is 18.8. The number of amides is 1. The minimum atomic E-state index is -0.145. The highest BCUT2D eigenvalue weighted by Gasteiger charge is 2.15. The fourth-order valence-corrected chi connectivity index (χ4v) is 2.98. The first-order valence-corrected chi connectivity index (χ1v) is 9.11. The van der Waals surface area contributed by atoms with Crippen molar-refractivity contribution in [2.75, 3.05) is 20.2 Å². The Morgan fingerprint density at radius 1 is 1.24 bits per heavy atom. The molecule has 3 aromatic heterocycles. The van der Waals surface area contributed by atoms with Crippen molar-refractivity contribution in [2.24, 2.45) is 7.05 Å². The first-order chi connectivity index (χ1) is 14.0. The second kappa shape index (κ2) is 7.80. The van der Waals surface area contributed by atoms with Crippen molar-refractivity contribution in [3.05, 3.63) is 48.5 Å². The van der Waals surface area contributed by atoms with Crippen LogP contribution in [0.1, 0.15) is 5.76 Å². The van der Waals surface area contributed by atoms with E-state index in [1.54, 1.807) is 30.2 Å². The second-order valence-corrected chi connectivity index (χ2v) is 6.72. The number of fused-ring (bicyclic) bond motifs is 1. The number of likely N-dealkylation sites (N-methyl/N-ethyl adjacent to an activating group) is 1. The number of nitrogens with zero attached hydrogens (tertiary/aromatic N) is 6. The minimum absolute atomic E-state index is 0.0800. The summed E-state index contributed by atoms with van der Waals surface area (Å²) in [5, 5.41) is 18.1. The van der Waals surface area contributed by atoms with Crippen LogP contribution in [0.15, 0.2) is 47.2 Å². The highest BCUT2D eigenvalue weighted by Crippen LogP contribution is 2.25. The number of aliphatic hydroxyl groups excluding tert-OH is 1. The average Bonchev–Trinajstić information content (AvgIpc) is 3.35. The molecule has 0 atom stereocenters. The molecule has 1 amide bonds. The van der Waals surface area contributed by atoms with Gasteiger partial charge in [0.25, 0.3) is 0 Å². The van der Waals surface area contributed by atoms with E-state index in [0.717, 1.165) is 22.2 Å². The molecular formula is C20H20N6O3. The van der Waals surface area contributed by atoms with Gasteiger partial charge in [-0.2, -0.15) is 5.10 Å². The minimum Gasteiger partial charge on any atom is -0.395 e. The number of hydrogen-bond donors (Lipinski definition) is 1. The molecule has 3 heterocycles. The van der Waals surface area contributed by atoms with Crippen LogP contribution in [0.3, 0.4) is 0 Å². The van der Waals surface area contributed by atoms with E-state index in [0.29, 0.717) is 17.3 Å². The zero-order chi connectivity index (χ0) is 20.4. The number of aliphatic hydroxyl groups is 1. The van der Waals surface area contributed by atoms with Gasteiger partial charge in [-0.25, -0.2) is 9.97 Å². The highest BCUT2D eigenvalue weighted by atomic mass is 16.5. The molecule has 29 heavy (non-hydrogen) atoms. The molecule has 0 aliphatic carbocycles. The number of benzene rings is 1. The maximum absolute atomic E-state index is 12.1. The van der Waals surface area contributed by atoms with E-state index in [4.69, 9.17) is 9.63 Å². The van der Waals surface area contributed by atoms with Crippen LogP contribution >= 0.6 is 0 Å². The Bertz CT molecular complexity index is 1170. The van der Waals surface area contributed by atoms with Gasteiger partial charge in [0, 0.05) is 44.0 Å². The molecule has 0 bridgehead atoms. The Hall–Kier alpha value is -3.59. The molecule has 4 rings (SSSR count). The van der Waals surface area contributed by atoms with Gasteiger partial charge in [-0.3, -0.25) is 9.48 Å². The number of carbonyl (C=O) groups is 1. The number of aryl methyl sites for hydroxylation is 1.